The molecule has 2 heterocycles. The summed E-state index contributed by atoms with van der Waals surface area (Å²) < 4.78 is 10.3. The number of nitrogens with zero attached hydrogens (tertiary/aromatic N) is 1. The first-order valence-corrected chi connectivity index (χ1v) is 6.74. The number of likely N-dealkylation sites (tertiary alicyclic amines) is 1. The van der Waals surface area contributed by atoms with Crippen LogP contribution in [0.3, 0.4) is 0 Å². The Morgan fingerprint density at radius 3 is 2.61 bits per heavy atom. The summed E-state index contributed by atoms with van der Waals surface area (Å²) in [6, 6.07) is -0.415. The van der Waals surface area contributed by atoms with E-state index < -0.39 is 6.04 Å². The zero-order valence-corrected chi connectivity index (χ0v) is 10.9. The highest BCUT2D eigenvalue weighted by molar-refractivity contribution is 5.87. The Morgan fingerprint density at radius 1 is 1.17 bits per heavy atom. The second kappa shape index (κ2) is 6.18. The second-order valence-corrected chi connectivity index (χ2v) is 4.92. The molecule has 0 N–H and O–H groups in total. The van der Waals surface area contributed by atoms with Gasteiger partial charge in [-0.3, -0.25) is 4.79 Å². The first-order valence-electron chi connectivity index (χ1n) is 6.74. The first-order chi connectivity index (χ1) is 8.74. The van der Waals surface area contributed by atoms with Gasteiger partial charge in [0.1, 0.15) is 12.1 Å². The molecular formula is C13H21NO4. The topological polar surface area (TPSA) is 55.8 Å². The fourth-order valence-electron chi connectivity index (χ4n) is 2.70. The van der Waals surface area contributed by atoms with Crippen molar-refractivity contribution in [1.82, 2.24) is 4.90 Å². The minimum Gasteiger partial charge on any atom is -0.467 e. The van der Waals surface area contributed by atoms with Crippen LogP contribution < -0.4 is 0 Å². The third-order valence-corrected chi connectivity index (χ3v) is 3.71. The van der Waals surface area contributed by atoms with Crippen LogP contribution in [-0.2, 0) is 19.1 Å². The van der Waals surface area contributed by atoms with Gasteiger partial charge >= 0.3 is 5.97 Å². The van der Waals surface area contributed by atoms with Crippen molar-refractivity contribution >= 4 is 11.9 Å². The highest BCUT2D eigenvalue weighted by Gasteiger charge is 2.36. The van der Waals surface area contributed by atoms with E-state index in [1.807, 2.05) is 0 Å². The number of hydrogen-bond donors (Lipinski definition) is 0. The molecule has 2 rings (SSSR count). The van der Waals surface area contributed by atoms with Crippen molar-refractivity contribution in [3.63, 3.8) is 0 Å². The minimum atomic E-state index is -0.415. The zero-order chi connectivity index (χ0) is 13.0. The molecule has 0 aromatic heterocycles. The lowest BCUT2D eigenvalue weighted by Gasteiger charge is -2.36. The van der Waals surface area contributed by atoms with Gasteiger partial charge in [-0.1, -0.05) is 0 Å². The molecule has 2 fully saturated rings. The van der Waals surface area contributed by atoms with Gasteiger partial charge in [-0.15, -0.1) is 0 Å². The van der Waals surface area contributed by atoms with Gasteiger partial charge in [0.2, 0.25) is 0 Å². The molecule has 1 amide bonds. The number of esters is 1. The smallest absolute Gasteiger partial charge is 0.328 e. The lowest BCUT2D eigenvalue weighted by atomic mass is 10.00. The Bertz CT molecular complexity index is 312. The molecule has 5 heteroatoms. The molecule has 0 aromatic rings. The molecule has 5 nitrogen and oxygen atoms in total. The van der Waals surface area contributed by atoms with E-state index in [1.54, 1.807) is 4.90 Å². The predicted molar refractivity (Wildman–Crippen MR) is 65.0 cm³/mol. The van der Waals surface area contributed by atoms with Gasteiger partial charge in [-0.25, -0.2) is 4.79 Å². The summed E-state index contributed by atoms with van der Waals surface area (Å²) in [5, 5.41) is 0. The molecule has 18 heavy (non-hydrogen) atoms. The third-order valence-electron chi connectivity index (χ3n) is 3.71. The molecule has 2 saturated heterocycles. The van der Waals surface area contributed by atoms with Crippen LogP contribution in [0.4, 0.5) is 0 Å². The number of piperidine rings is 1. The monoisotopic (exact) mass is 255 g/mol. The molecule has 0 bridgehead atoms. The van der Waals surface area contributed by atoms with E-state index in [2.05, 4.69) is 0 Å². The SMILES string of the molecule is COC(=O)[C@H]1CCCCN1C(=O)C1CCCCO1. The normalized spacial score (nSPS) is 28.8. The second-order valence-electron chi connectivity index (χ2n) is 4.92. The number of rotatable bonds is 2. The fraction of sp³-hybridized carbons (Fsp3) is 0.846. The molecule has 0 radical (unpaired) electrons. The summed E-state index contributed by atoms with van der Waals surface area (Å²) in [6.07, 6.45) is 5.07. The Kier molecular flexibility index (Phi) is 4.58. The van der Waals surface area contributed by atoms with Crippen molar-refractivity contribution in [2.45, 2.75) is 50.7 Å². The maximum atomic E-state index is 12.4. The van der Waals surface area contributed by atoms with Crippen LogP contribution in [0.25, 0.3) is 0 Å². The van der Waals surface area contributed by atoms with E-state index in [4.69, 9.17) is 9.47 Å². The molecule has 102 valence electrons. The number of ether oxygens (including phenoxy) is 2. The van der Waals surface area contributed by atoms with Gasteiger partial charge in [-0.2, -0.15) is 0 Å². The van der Waals surface area contributed by atoms with E-state index in [9.17, 15) is 9.59 Å². The molecule has 1 unspecified atom stereocenters. The van der Waals surface area contributed by atoms with Crippen LogP contribution in [0.2, 0.25) is 0 Å². The lowest BCUT2D eigenvalue weighted by molar-refractivity contribution is -0.161. The van der Waals surface area contributed by atoms with Crippen molar-refractivity contribution in [3.05, 3.63) is 0 Å². The maximum Gasteiger partial charge on any atom is 0.328 e. The maximum absolute atomic E-state index is 12.4. The van der Waals surface area contributed by atoms with Crippen LogP contribution in [0, 0.1) is 0 Å². The first kappa shape index (κ1) is 13.3. The highest BCUT2D eigenvalue weighted by atomic mass is 16.5. The Balaban J connectivity index is 2.03. The van der Waals surface area contributed by atoms with E-state index >= 15 is 0 Å². The number of hydrogen-bond acceptors (Lipinski definition) is 4. The average molecular weight is 255 g/mol. The van der Waals surface area contributed by atoms with Gasteiger partial charge in [0, 0.05) is 13.2 Å². The van der Waals surface area contributed by atoms with Crippen molar-refractivity contribution in [3.8, 4) is 0 Å². The van der Waals surface area contributed by atoms with Gasteiger partial charge in [0.25, 0.3) is 5.91 Å². The lowest BCUT2D eigenvalue weighted by Crippen LogP contribution is -2.52. The van der Waals surface area contributed by atoms with Crippen molar-refractivity contribution in [2.24, 2.45) is 0 Å². The predicted octanol–water partition coefficient (Wildman–Crippen LogP) is 1.11. The summed E-state index contributed by atoms with van der Waals surface area (Å²) in [4.78, 5) is 25.7. The molecule has 0 aromatic carbocycles. The van der Waals surface area contributed by atoms with Crippen molar-refractivity contribution < 1.29 is 19.1 Å². The Morgan fingerprint density at radius 2 is 1.94 bits per heavy atom. The molecular weight excluding hydrogens is 234 g/mol. The van der Waals surface area contributed by atoms with Gasteiger partial charge < -0.3 is 14.4 Å². The molecule has 2 aliphatic rings. The molecule has 0 spiro atoms. The van der Waals surface area contributed by atoms with E-state index in [0.717, 1.165) is 32.1 Å². The van der Waals surface area contributed by atoms with E-state index in [1.165, 1.54) is 7.11 Å². The summed E-state index contributed by atoms with van der Waals surface area (Å²) in [6.45, 7) is 1.28. The average Bonchev–Trinajstić information content (AvgIpc) is 2.46. The third kappa shape index (κ3) is 2.83. The van der Waals surface area contributed by atoms with E-state index in [0.29, 0.717) is 19.6 Å². The standard InChI is InChI=1S/C13H21NO4/c1-17-13(16)10-6-2-4-8-14(10)12(15)11-7-3-5-9-18-11/h10-11H,2-9H2,1H3/t10-,11?/m1/s1. The summed E-state index contributed by atoms with van der Waals surface area (Å²) >= 11 is 0. The van der Waals surface area contributed by atoms with Crippen LogP contribution in [0.1, 0.15) is 38.5 Å². The zero-order valence-electron chi connectivity index (χ0n) is 10.9. The highest BCUT2D eigenvalue weighted by Crippen LogP contribution is 2.22. The van der Waals surface area contributed by atoms with Gasteiger partial charge in [0.15, 0.2) is 0 Å². The molecule has 2 atom stereocenters. The van der Waals surface area contributed by atoms with Crippen molar-refractivity contribution in [1.29, 1.82) is 0 Å². The quantitative estimate of drug-likeness (QED) is 0.694. The summed E-state index contributed by atoms with van der Waals surface area (Å²) in [5.41, 5.74) is 0. The van der Waals surface area contributed by atoms with Crippen LogP contribution >= 0.6 is 0 Å². The van der Waals surface area contributed by atoms with E-state index in [-0.39, 0.29) is 18.0 Å². The van der Waals surface area contributed by atoms with Crippen LogP contribution in [0.5, 0.6) is 0 Å². The van der Waals surface area contributed by atoms with Crippen molar-refractivity contribution in [2.75, 3.05) is 20.3 Å². The molecule has 2 aliphatic heterocycles. The fourth-order valence-corrected chi connectivity index (χ4v) is 2.70. The number of carbonyl (C=O) groups is 2. The minimum absolute atomic E-state index is 0.0372. The van der Waals surface area contributed by atoms with Gasteiger partial charge in [-0.05, 0) is 38.5 Å². The Hall–Kier alpha value is -1.10. The van der Waals surface area contributed by atoms with Crippen LogP contribution in [-0.4, -0.2) is 49.2 Å². The summed E-state index contributed by atoms with van der Waals surface area (Å²) in [7, 11) is 1.37. The summed E-state index contributed by atoms with van der Waals surface area (Å²) in [5.74, 6) is -0.344. The van der Waals surface area contributed by atoms with Gasteiger partial charge in [0.05, 0.1) is 7.11 Å². The molecule has 0 saturated carbocycles. The van der Waals surface area contributed by atoms with Crippen LogP contribution in [0.15, 0.2) is 0 Å². The Labute approximate surface area is 107 Å². The largest absolute Gasteiger partial charge is 0.467 e. The number of carbonyl (C=O) groups excluding carboxylic acids is 2. The number of amides is 1. The number of methoxy groups -OCH3 is 1. The molecule has 0 aliphatic carbocycles.